The van der Waals surface area contributed by atoms with E-state index in [9.17, 15) is 19.2 Å². The predicted molar refractivity (Wildman–Crippen MR) is 212 cm³/mol. The van der Waals surface area contributed by atoms with Crippen molar-refractivity contribution in [3.8, 4) is 11.1 Å². The molecule has 10 heteroatoms. The first kappa shape index (κ1) is 36.6. The molecule has 0 saturated carbocycles. The van der Waals surface area contributed by atoms with Crippen LogP contribution in [0.3, 0.4) is 0 Å². The number of amides is 4. The van der Waals surface area contributed by atoms with Crippen molar-refractivity contribution in [2.24, 2.45) is 17.1 Å². The van der Waals surface area contributed by atoms with Crippen LogP contribution in [0, 0.1) is 11.3 Å². The van der Waals surface area contributed by atoms with E-state index in [1.165, 1.54) is 18.5 Å². The van der Waals surface area contributed by atoms with Gasteiger partial charge in [-0.25, -0.2) is 0 Å². The molecule has 1 spiro atoms. The van der Waals surface area contributed by atoms with Crippen molar-refractivity contribution >= 4 is 29.3 Å². The number of imide groups is 1. The van der Waals surface area contributed by atoms with Gasteiger partial charge in [0.15, 0.2) is 0 Å². The molecule has 10 nitrogen and oxygen atoms in total. The minimum atomic E-state index is -0.598. The van der Waals surface area contributed by atoms with Gasteiger partial charge >= 0.3 is 0 Å². The fourth-order valence-corrected chi connectivity index (χ4v) is 9.11. The van der Waals surface area contributed by atoms with Crippen molar-refractivity contribution in [2.45, 2.75) is 56.8 Å². The number of nitrogens with two attached hydrogens (primary N) is 1. The number of carbonyl (C=O) groups is 4. The highest BCUT2D eigenvalue weighted by Crippen LogP contribution is 2.43. The Labute approximate surface area is 323 Å². The molecule has 4 saturated heterocycles. The quantitative estimate of drug-likeness (QED) is 0.212. The van der Waals surface area contributed by atoms with E-state index in [0.717, 1.165) is 86.5 Å². The Bertz CT molecular complexity index is 1990. The van der Waals surface area contributed by atoms with Crippen LogP contribution in [0.25, 0.3) is 11.1 Å². The van der Waals surface area contributed by atoms with Crippen molar-refractivity contribution in [3.05, 3.63) is 120 Å². The molecule has 4 aliphatic rings. The SMILES string of the molecule is NC(=O)C(c1ccccc1)c1ccc(-c2ccc(CC(=O)N3CCC(CN4CCC5(CC4)CN(c4ccc(C6CCC(=O)NC6=O)cc4)C5)CC3)cc2)cn1. The van der Waals surface area contributed by atoms with Gasteiger partial charge in [0.25, 0.3) is 0 Å². The molecule has 2 unspecified atom stereocenters. The average molecular weight is 739 g/mol. The lowest BCUT2D eigenvalue weighted by Gasteiger charge is -2.55. The van der Waals surface area contributed by atoms with Crippen molar-refractivity contribution < 1.29 is 19.2 Å². The number of nitrogens with zero attached hydrogens (tertiary/aromatic N) is 4. The highest BCUT2D eigenvalue weighted by molar-refractivity contribution is 6.01. The molecule has 8 rings (SSSR count). The summed E-state index contributed by atoms with van der Waals surface area (Å²) in [5, 5.41) is 2.47. The highest BCUT2D eigenvalue weighted by Gasteiger charge is 2.45. The minimum Gasteiger partial charge on any atom is -0.370 e. The highest BCUT2D eigenvalue weighted by atomic mass is 16.2. The number of aromatic nitrogens is 1. The molecule has 4 aliphatic heterocycles. The van der Waals surface area contributed by atoms with Crippen molar-refractivity contribution in [3.63, 3.8) is 0 Å². The maximum absolute atomic E-state index is 13.3. The topological polar surface area (TPSA) is 129 Å². The largest absolute Gasteiger partial charge is 0.370 e. The van der Waals surface area contributed by atoms with E-state index < -0.39 is 11.8 Å². The number of likely N-dealkylation sites (tertiary alicyclic amines) is 2. The fraction of sp³-hybridized carbons (Fsp3) is 0.400. The second-order valence-corrected chi connectivity index (χ2v) is 16.2. The lowest BCUT2D eigenvalue weighted by atomic mass is 9.71. The maximum atomic E-state index is 13.3. The Kier molecular flexibility index (Phi) is 10.5. The molecule has 1 aromatic heterocycles. The summed E-state index contributed by atoms with van der Waals surface area (Å²) in [6, 6.07) is 29.7. The summed E-state index contributed by atoms with van der Waals surface area (Å²) >= 11 is 0. The number of carbonyl (C=O) groups excluding carboxylic acids is 4. The number of anilines is 1. The molecular weight excluding hydrogens is 689 g/mol. The van der Waals surface area contributed by atoms with Gasteiger partial charge in [-0.2, -0.15) is 0 Å². The first-order valence-electron chi connectivity index (χ1n) is 19.8. The first-order valence-corrected chi connectivity index (χ1v) is 19.8. The fourth-order valence-electron chi connectivity index (χ4n) is 9.11. The van der Waals surface area contributed by atoms with Crippen LogP contribution in [0.5, 0.6) is 0 Å². The van der Waals surface area contributed by atoms with E-state index in [-0.39, 0.29) is 23.6 Å². The summed E-state index contributed by atoms with van der Waals surface area (Å²) in [4.78, 5) is 61.1. The van der Waals surface area contributed by atoms with Gasteiger partial charge in [0.1, 0.15) is 5.92 Å². The van der Waals surface area contributed by atoms with Crippen LogP contribution in [0.4, 0.5) is 5.69 Å². The molecule has 2 atom stereocenters. The lowest BCUT2D eigenvalue weighted by molar-refractivity contribution is -0.134. The number of rotatable bonds is 10. The predicted octanol–water partition coefficient (Wildman–Crippen LogP) is 5.27. The van der Waals surface area contributed by atoms with E-state index in [1.54, 1.807) is 6.20 Å². The van der Waals surface area contributed by atoms with E-state index in [0.29, 0.717) is 36.3 Å². The van der Waals surface area contributed by atoms with E-state index in [1.807, 2.05) is 71.6 Å². The van der Waals surface area contributed by atoms with E-state index in [2.05, 4.69) is 44.4 Å². The van der Waals surface area contributed by atoms with Gasteiger partial charge in [0.05, 0.1) is 18.0 Å². The molecule has 284 valence electrons. The summed E-state index contributed by atoms with van der Waals surface area (Å²) in [7, 11) is 0. The Morgan fingerprint density at radius 1 is 0.818 bits per heavy atom. The number of hydrogen-bond donors (Lipinski definition) is 2. The van der Waals surface area contributed by atoms with Crippen LogP contribution in [0.1, 0.15) is 72.7 Å². The van der Waals surface area contributed by atoms with Crippen molar-refractivity contribution in [1.29, 1.82) is 0 Å². The summed E-state index contributed by atoms with van der Waals surface area (Å²) in [6.07, 6.45) is 7.70. The van der Waals surface area contributed by atoms with Crippen LogP contribution < -0.4 is 16.0 Å². The normalized spacial score (nSPS) is 20.8. The zero-order valence-corrected chi connectivity index (χ0v) is 31.4. The summed E-state index contributed by atoms with van der Waals surface area (Å²) in [5.41, 5.74) is 12.7. The molecule has 4 amide bonds. The smallest absolute Gasteiger partial charge is 0.234 e. The van der Waals surface area contributed by atoms with Crippen molar-refractivity contribution in [1.82, 2.24) is 20.1 Å². The standard InChI is InChI=1S/C45H50N6O4/c46-43(54)42(35-4-2-1-3-5-35)39-16-12-36(27-47-39)33-8-6-31(7-9-33)26-41(53)50-22-18-32(19-23-50)28-49-24-20-45(21-25-49)29-51(30-45)37-13-10-34(11-14-37)38-15-17-40(52)48-44(38)55/h1-14,16,27,32,38,42H,15,17-26,28-30H2,(H2,46,54)(H,48,52,55). The zero-order valence-electron chi connectivity index (χ0n) is 31.4. The molecule has 5 heterocycles. The van der Waals surface area contributed by atoms with Crippen LogP contribution in [-0.2, 0) is 25.6 Å². The van der Waals surface area contributed by atoms with E-state index in [4.69, 9.17) is 5.73 Å². The molecular formula is C45H50N6O4. The van der Waals surface area contributed by atoms with E-state index >= 15 is 0 Å². The van der Waals surface area contributed by atoms with Gasteiger partial charge in [-0.1, -0.05) is 72.8 Å². The monoisotopic (exact) mass is 738 g/mol. The number of benzene rings is 3. The van der Waals surface area contributed by atoms with Gasteiger partial charge in [-0.3, -0.25) is 29.5 Å². The maximum Gasteiger partial charge on any atom is 0.234 e. The summed E-state index contributed by atoms with van der Waals surface area (Å²) in [5.74, 6) is -0.809. The number of hydrogen-bond acceptors (Lipinski definition) is 7. The molecule has 4 fully saturated rings. The molecule has 55 heavy (non-hydrogen) atoms. The van der Waals surface area contributed by atoms with Gasteiger partial charge in [0, 0.05) is 62.0 Å². The molecule has 0 bridgehead atoms. The third-order valence-corrected chi connectivity index (χ3v) is 12.5. The van der Waals surface area contributed by atoms with Crippen molar-refractivity contribution in [2.75, 3.05) is 50.7 Å². The molecule has 0 radical (unpaired) electrons. The van der Waals surface area contributed by atoms with Gasteiger partial charge in [-0.05, 0) is 91.6 Å². The van der Waals surface area contributed by atoms with Crippen LogP contribution >= 0.6 is 0 Å². The minimum absolute atomic E-state index is 0.177. The van der Waals surface area contributed by atoms with Gasteiger partial charge in [0.2, 0.25) is 23.6 Å². The summed E-state index contributed by atoms with van der Waals surface area (Å²) < 4.78 is 0. The number of piperidine rings is 3. The third-order valence-electron chi connectivity index (χ3n) is 12.5. The Hall–Kier alpha value is -5.35. The van der Waals surface area contributed by atoms with Crippen LogP contribution in [-0.4, -0.2) is 84.2 Å². The Balaban J connectivity index is 0.752. The van der Waals surface area contributed by atoms with Gasteiger partial charge < -0.3 is 20.4 Å². The molecule has 4 aromatic rings. The van der Waals surface area contributed by atoms with Gasteiger partial charge in [-0.15, -0.1) is 0 Å². The molecule has 0 aliphatic carbocycles. The second-order valence-electron chi connectivity index (χ2n) is 16.2. The zero-order chi connectivity index (χ0) is 37.9. The Morgan fingerprint density at radius 2 is 1.51 bits per heavy atom. The number of nitrogens with one attached hydrogen (secondary N) is 1. The first-order chi connectivity index (χ1) is 26.7. The average Bonchev–Trinajstić information content (AvgIpc) is 3.19. The number of pyridine rings is 1. The van der Waals surface area contributed by atoms with Crippen LogP contribution in [0.2, 0.25) is 0 Å². The second kappa shape index (κ2) is 15.8. The lowest BCUT2D eigenvalue weighted by Crippen LogP contribution is -2.60. The third kappa shape index (κ3) is 8.20. The molecule has 3 N–H and O–H groups in total. The summed E-state index contributed by atoms with van der Waals surface area (Å²) in [6.45, 7) is 7.21. The molecule has 3 aromatic carbocycles. The number of primary amides is 1. The van der Waals surface area contributed by atoms with Crippen LogP contribution in [0.15, 0.2) is 97.2 Å². The Morgan fingerprint density at radius 3 is 2.15 bits per heavy atom.